The Kier molecular flexibility index (Phi) is 9.80. The number of nitrogens with zero attached hydrogens (tertiary/aromatic N) is 2. The summed E-state index contributed by atoms with van der Waals surface area (Å²) in [5, 5.41) is 6.37. The van der Waals surface area contributed by atoms with Gasteiger partial charge in [-0.15, -0.1) is 0 Å². The highest BCUT2D eigenvalue weighted by Crippen LogP contribution is 2.28. The van der Waals surface area contributed by atoms with E-state index in [0.29, 0.717) is 18.5 Å². The third kappa shape index (κ3) is 7.51. The zero-order valence-corrected chi connectivity index (χ0v) is 23.3. The van der Waals surface area contributed by atoms with Crippen LogP contribution in [0.5, 0.6) is 0 Å². The standard InChI is InChI=1S/C31H34N4O3S/c1-22-8-7-9-23(16-22)20-35-21-32-18-26(35)19-33-25-12-13-27(28(17-25)24-10-5-4-6-11-24)30(36)34-29(14-15-39-3)31(37)38-2/h4-13,16-18,21,29,33H,14-15,19-20H2,1-3H3,(H,34,36)/t29-/m0/s1. The van der Waals surface area contributed by atoms with Gasteiger partial charge < -0.3 is 19.9 Å². The molecule has 8 heteroatoms. The molecule has 7 nitrogen and oxygen atoms in total. The van der Waals surface area contributed by atoms with Gasteiger partial charge >= 0.3 is 5.97 Å². The minimum Gasteiger partial charge on any atom is -0.467 e. The van der Waals surface area contributed by atoms with Gasteiger partial charge in [0.25, 0.3) is 5.91 Å². The van der Waals surface area contributed by atoms with Crippen LogP contribution in [0.2, 0.25) is 0 Å². The average molecular weight is 543 g/mol. The molecular formula is C31H34N4O3S. The summed E-state index contributed by atoms with van der Waals surface area (Å²) < 4.78 is 7.05. The van der Waals surface area contributed by atoms with E-state index >= 15 is 0 Å². The Morgan fingerprint density at radius 3 is 2.62 bits per heavy atom. The highest BCUT2D eigenvalue weighted by atomic mass is 32.2. The molecule has 1 atom stereocenters. The van der Waals surface area contributed by atoms with E-state index in [2.05, 4.69) is 51.4 Å². The molecule has 1 aromatic heterocycles. The first-order chi connectivity index (χ1) is 19.0. The topological polar surface area (TPSA) is 85.2 Å². The molecule has 0 fully saturated rings. The van der Waals surface area contributed by atoms with Crippen molar-refractivity contribution in [2.75, 3.05) is 24.4 Å². The lowest BCUT2D eigenvalue weighted by atomic mass is 9.98. The molecule has 4 aromatic rings. The van der Waals surface area contributed by atoms with Gasteiger partial charge in [0.2, 0.25) is 0 Å². The molecule has 0 spiro atoms. The number of rotatable bonds is 12. The van der Waals surface area contributed by atoms with E-state index in [1.807, 2.05) is 61.2 Å². The van der Waals surface area contributed by atoms with Gasteiger partial charge in [-0.05, 0) is 60.2 Å². The Balaban J connectivity index is 1.54. The van der Waals surface area contributed by atoms with Crippen molar-refractivity contribution in [3.8, 4) is 11.1 Å². The van der Waals surface area contributed by atoms with Crippen molar-refractivity contribution in [2.24, 2.45) is 0 Å². The number of carbonyl (C=O) groups is 2. The maximum absolute atomic E-state index is 13.4. The second-order valence-corrected chi connectivity index (χ2v) is 10.3. The van der Waals surface area contributed by atoms with Crippen LogP contribution < -0.4 is 10.6 Å². The van der Waals surface area contributed by atoms with Crippen molar-refractivity contribution in [3.05, 3.63) is 108 Å². The number of benzene rings is 3. The number of amides is 1. The third-order valence-electron chi connectivity index (χ3n) is 6.46. The summed E-state index contributed by atoms with van der Waals surface area (Å²) in [5.74, 6) is -0.0260. The number of hydrogen-bond acceptors (Lipinski definition) is 6. The SMILES string of the molecule is COC(=O)[C@H](CCSC)NC(=O)c1ccc(NCc2cncn2Cc2cccc(C)c2)cc1-c1ccccc1. The van der Waals surface area contributed by atoms with Gasteiger partial charge in [-0.25, -0.2) is 9.78 Å². The van der Waals surface area contributed by atoms with Crippen molar-refractivity contribution in [3.63, 3.8) is 0 Å². The fourth-order valence-corrected chi connectivity index (χ4v) is 4.88. The molecule has 0 saturated carbocycles. The van der Waals surface area contributed by atoms with Gasteiger partial charge in [0.1, 0.15) is 6.04 Å². The maximum atomic E-state index is 13.4. The summed E-state index contributed by atoms with van der Waals surface area (Å²) in [5.41, 5.74) is 6.56. The number of hydrogen-bond donors (Lipinski definition) is 2. The summed E-state index contributed by atoms with van der Waals surface area (Å²) in [4.78, 5) is 30.0. The molecule has 4 rings (SSSR count). The quantitative estimate of drug-likeness (QED) is 0.229. The second-order valence-electron chi connectivity index (χ2n) is 9.31. The number of anilines is 1. The fraction of sp³-hybridized carbons (Fsp3) is 0.258. The smallest absolute Gasteiger partial charge is 0.328 e. The molecule has 0 aliphatic rings. The zero-order chi connectivity index (χ0) is 27.6. The number of esters is 1. The number of aryl methyl sites for hydroxylation is 1. The molecule has 0 radical (unpaired) electrons. The number of thioether (sulfide) groups is 1. The van der Waals surface area contributed by atoms with Gasteiger partial charge in [-0.2, -0.15) is 11.8 Å². The van der Waals surface area contributed by atoms with E-state index in [4.69, 9.17) is 4.74 Å². The summed E-state index contributed by atoms with van der Waals surface area (Å²) in [6, 6.07) is 23.2. The van der Waals surface area contributed by atoms with Gasteiger partial charge in [0.15, 0.2) is 0 Å². The molecule has 3 aromatic carbocycles. The Hall–Kier alpha value is -4.04. The van der Waals surface area contributed by atoms with Crippen molar-refractivity contribution in [1.29, 1.82) is 0 Å². The summed E-state index contributed by atoms with van der Waals surface area (Å²) >= 11 is 1.62. The monoisotopic (exact) mass is 542 g/mol. The number of carbonyl (C=O) groups excluding carboxylic acids is 2. The van der Waals surface area contributed by atoms with Crippen molar-refractivity contribution in [2.45, 2.75) is 32.5 Å². The van der Waals surface area contributed by atoms with Crippen LogP contribution in [-0.4, -0.2) is 46.6 Å². The van der Waals surface area contributed by atoms with Crippen LogP contribution in [0.15, 0.2) is 85.3 Å². The van der Waals surface area contributed by atoms with Crippen LogP contribution in [-0.2, 0) is 22.6 Å². The van der Waals surface area contributed by atoms with Gasteiger partial charge in [-0.3, -0.25) is 4.79 Å². The normalized spacial score (nSPS) is 11.6. The van der Waals surface area contributed by atoms with Crippen LogP contribution in [0.1, 0.15) is 33.6 Å². The highest BCUT2D eigenvalue weighted by molar-refractivity contribution is 7.98. The summed E-state index contributed by atoms with van der Waals surface area (Å²) in [6.07, 6.45) is 6.17. The lowest BCUT2D eigenvalue weighted by Crippen LogP contribution is -2.42. The molecule has 1 heterocycles. The van der Waals surface area contributed by atoms with Crippen molar-refractivity contribution < 1.29 is 14.3 Å². The first-order valence-electron chi connectivity index (χ1n) is 12.8. The largest absolute Gasteiger partial charge is 0.467 e. The number of methoxy groups -OCH3 is 1. The Labute approximate surface area is 234 Å². The number of aromatic nitrogens is 2. The Morgan fingerprint density at radius 2 is 1.87 bits per heavy atom. The lowest BCUT2D eigenvalue weighted by Gasteiger charge is -2.18. The highest BCUT2D eigenvalue weighted by Gasteiger charge is 2.23. The molecule has 0 bridgehead atoms. The predicted molar refractivity (Wildman–Crippen MR) is 158 cm³/mol. The molecule has 1 amide bonds. The number of imidazole rings is 1. The average Bonchev–Trinajstić information content (AvgIpc) is 3.40. The molecule has 0 saturated heterocycles. The minimum absolute atomic E-state index is 0.312. The van der Waals surface area contributed by atoms with Gasteiger partial charge in [0, 0.05) is 24.0 Å². The summed E-state index contributed by atoms with van der Waals surface area (Å²) in [7, 11) is 1.34. The van der Waals surface area contributed by atoms with Crippen LogP contribution in [0.3, 0.4) is 0 Å². The fourth-order valence-electron chi connectivity index (χ4n) is 4.41. The number of ether oxygens (including phenoxy) is 1. The van der Waals surface area contributed by atoms with Crippen molar-refractivity contribution in [1.82, 2.24) is 14.9 Å². The Bertz CT molecular complexity index is 1400. The Morgan fingerprint density at radius 1 is 1.05 bits per heavy atom. The first-order valence-corrected chi connectivity index (χ1v) is 14.2. The molecule has 202 valence electrons. The summed E-state index contributed by atoms with van der Waals surface area (Å²) in [6.45, 7) is 3.41. The van der Waals surface area contributed by atoms with Gasteiger partial charge in [-0.1, -0.05) is 60.2 Å². The molecule has 0 unspecified atom stereocenters. The minimum atomic E-state index is -0.704. The predicted octanol–water partition coefficient (Wildman–Crippen LogP) is 5.54. The van der Waals surface area contributed by atoms with E-state index in [9.17, 15) is 9.59 Å². The third-order valence-corrected chi connectivity index (χ3v) is 7.10. The van der Waals surface area contributed by atoms with E-state index in [1.54, 1.807) is 17.8 Å². The van der Waals surface area contributed by atoms with Crippen LogP contribution >= 0.6 is 11.8 Å². The van der Waals surface area contributed by atoms with Crippen LogP contribution in [0.25, 0.3) is 11.1 Å². The van der Waals surface area contributed by atoms with Crippen LogP contribution in [0.4, 0.5) is 5.69 Å². The van der Waals surface area contributed by atoms with E-state index in [0.717, 1.165) is 34.8 Å². The molecule has 0 aliphatic heterocycles. The molecular weight excluding hydrogens is 508 g/mol. The van der Waals surface area contributed by atoms with E-state index in [1.165, 1.54) is 18.2 Å². The maximum Gasteiger partial charge on any atom is 0.328 e. The van der Waals surface area contributed by atoms with E-state index < -0.39 is 12.0 Å². The van der Waals surface area contributed by atoms with E-state index in [-0.39, 0.29) is 5.91 Å². The van der Waals surface area contributed by atoms with Gasteiger partial charge in [0.05, 0.1) is 25.7 Å². The van der Waals surface area contributed by atoms with Crippen molar-refractivity contribution >= 4 is 29.3 Å². The zero-order valence-electron chi connectivity index (χ0n) is 22.5. The molecule has 0 aliphatic carbocycles. The van der Waals surface area contributed by atoms with Crippen LogP contribution in [0, 0.1) is 6.92 Å². The molecule has 39 heavy (non-hydrogen) atoms. The first kappa shape index (κ1) is 28.0. The lowest BCUT2D eigenvalue weighted by molar-refractivity contribution is -0.142. The molecule has 2 N–H and O–H groups in total. The second kappa shape index (κ2) is 13.7. The number of nitrogens with one attached hydrogen (secondary N) is 2.